The summed E-state index contributed by atoms with van der Waals surface area (Å²) in [6, 6.07) is 3.65. The molecule has 2 aromatic rings. The summed E-state index contributed by atoms with van der Waals surface area (Å²) in [5, 5.41) is 3.08. The summed E-state index contributed by atoms with van der Waals surface area (Å²) < 4.78 is 27.7. The minimum absolute atomic E-state index is 0.248. The average Bonchev–Trinajstić information content (AvgIpc) is 3.19. The molecule has 1 aliphatic carbocycles. The van der Waals surface area contributed by atoms with Crippen molar-refractivity contribution in [2.45, 2.75) is 51.0 Å². The SMILES string of the molecule is Cc1cc(C)c(S(=O)(=O)NCc2csc(C3CC3)n2)cc1C. The fourth-order valence-corrected chi connectivity index (χ4v) is 4.69. The molecule has 0 unspecified atom stereocenters. The highest BCUT2D eigenvalue weighted by Gasteiger charge is 2.26. The predicted molar refractivity (Wildman–Crippen MR) is 88.8 cm³/mol. The van der Waals surface area contributed by atoms with Crippen LogP contribution in [0.4, 0.5) is 0 Å². The Bertz CT molecular complexity index is 806. The second-order valence-electron chi connectivity index (χ2n) is 5.98. The van der Waals surface area contributed by atoms with Crippen molar-refractivity contribution < 1.29 is 8.42 Å². The number of hydrogen-bond donors (Lipinski definition) is 1. The molecular weight excluding hydrogens is 316 g/mol. The van der Waals surface area contributed by atoms with Gasteiger partial charge in [0.25, 0.3) is 0 Å². The highest BCUT2D eigenvalue weighted by atomic mass is 32.2. The summed E-state index contributed by atoms with van der Waals surface area (Å²) >= 11 is 1.63. The molecule has 6 heteroatoms. The number of nitrogens with one attached hydrogen (secondary N) is 1. The van der Waals surface area contributed by atoms with Gasteiger partial charge >= 0.3 is 0 Å². The average molecular weight is 336 g/mol. The Kier molecular flexibility index (Phi) is 4.09. The quantitative estimate of drug-likeness (QED) is 0.910. The molecule has 0 radical (unpaired) electrons. The zero-order valence-electron chi connectivity index (χ0n) is 13.0. The Labute approximate surface area is 135 Å². The van der Waals surface area contributed by atoms with Crippen molar-refractivity contribution in [2.75, 3.05) is 0 Å². The molecule has 0 spiro atoms. The molecule has 4 nitrogen and oxygen atoms in total. The number of nitrogens with zero attached hydrogens (tertiary/aromatic N) is 1. The molecule has 1 aromatic carbocycles. The molecule has 1 aliphatic rings. The molecule has 22 heavy (non-hydrogen) atoms. The van der Waals surface area contributed by atoms with Crippen molar-refractivity contribution in [3.05, 3.63) is 44.9 Å². The summed E-state index contributed by atoms with van der Waals surface area (Å²) in [6.07, 6.45) is 2.42. The zero-order chi connectivity index (χ0) is 15.9. The molecule has 1 N–H and O–H groups in total. The molecule has 0 saturated heterocycles. The summed E-state index contributed by atoms with van der Waals surface area (Å²) in [5.41, 5.74) is 3.66. The molecule has 1 aromatic heterocycles. The van der Waals surface area contributed by atoms with Crippen LogP contribution in [0.3, 0.4) is 0 Å². The van der Waals surface area contributed by atoms with Crippen LogP contribution in [-0.4, -0.2) is 13.4 Å². The molecule has 118 valence electrons. The van der Waals surface area contributed by atoms with Crippen molar-refractivity contribution >= 4 is 21.4 Å². The fraction of sp³-hybridized carbons (Fsp3) is 0.438. The van der Waals surface area contributed by atoms with E-state index in [0.29, 0.717) is 10.8 Å². The normalized spacial score (nSPS) is 15.2. The third-order valence-electron chi connectivity index (χ3n) is 4.02. The number of aromatic nitrogens is 1. The van der Waals surface area contributed by atoms with Gasteiger partial charge in [-0.3, -0.25) is 0 Å². The van der Waals surface area contributed by atoms with Gasteiger partial charge in [0, 0.05) is 11.3 Å². The number of thiazole rings is 1. The molecule has 1 heterocycles. The number of hydrogen-bond acceptors (Lipinski definition) is 4. The Balaban J connectivity index is 1.76. The van der Waals surface area contributed by atoms with E-state index in [1.165, 1.54) is 12.8 Å². The minimum Gasteiger partial charge on any atom is -0.245 e. The van der Waals surface area contributed by atoms with E-state index < -0.39 is 10.0 Å². The standard InChI is InChI=1S/C16H20N2O2S2/c1-10-6-12(3)15(7-11(10)2)22(19,20)17-8-14-9-21-16(18-14)13-4-5-13/h6-7,9,13,17H,4-5,8H2,1-3H3. The van der Waals surface area contributed by atoms with Crippen LogP contribution in [0.5, 0.6) is 0 Å². The number of rotatable bonds is 5. The van der Waals surface area contributed by atoms with Gasteiger partial charge in [-0.15, -0.1) is 11.3 Å². The van der Waals surface area contributed by atoms with Gasteiger partial charge in [0.2, 0.25) is 10.0 Å². The molecule has 1 fully saturated rings. The van der Waals surface area contributed by atoms with Crippen molar-refractivity contribution in [2.24, 2.45) is 0 Å². The second kappa shape index (κ2) is 5.76. The first-order valence-corrected chi connectivity index (χ1v) is 9.75. The smallest absolute Gasteiger partial charge is 0.241 e. The highest BCUT2D eigenvalue weighted by Crippen LogP contribution is 2.41. The van der Waals surface area contributed by atoms with Crippen LogP contribution >= 0.6 is 11.3 Å². The number of aryl methyl sites for hydroxylation is 3. The maximum Gasteiger partial charge on any atom is 0.241 e. The second-order valence-corrected chi connectivity index (χ2v) is 8.60. The van der Waals surface area contributed by atoms with Crippen LogP contribution in [0, 0.1) is 20.8 Å². The topological polar surface area (TPSA) is 59.1 Å². The lowest BCUT2D eigenvalue weighted by atomic mass is 10.1. The Morgan fingerprint density at radius 1 is 1.18 bits per heavy atom. The molecule has 0 aliphatic heterocycles. The summed E-state index contributed by atoms with van der Waals surface area (Å²) in [5.74, 6) is 0.609. The third-order valence-corrected chi connectivity index (χ3v) is 6.62. The third kappa shape index (κ3) is 3.24. The van der Waals surface area contributed by atoms with Gasteiger partial charge in [0.05, 0.1) is 22.1 Å². The monoisotopic (exact) mass is 336 g/mol. The lowest BCUT2D eigenvalue weighted by Crippen LogP contribution is -2.24. The van der Waals surface area contributed by atoms with Crippen LogP contribution < -0.4 is 4.72 Å². The molecule has 0 atom stereocenters. The summed E-state index contributed by atoms with van der Waals surface area (Å²) in [6.45, 7) is 5.99. The first-order valence-electron chi connectivity index (χ1n) is 7.38. The van der Waals surface area contributed by atoms with E-state index in [2.05, 4.69) is 9.71 Å². The zero-order valence-corrected chi connectivity index (χ0v) is 14.6. The lowest BCUT2D eigenvalue weighted by Gasteiger charge is -2.11. The van der Waals surface area contributed by atoms with Crippen molar-refractivity contribution in [3.63, 3.8) is 0 Å². The van der Waals surface area contributed by atoms with Gasteiger partial charge in [-0.25, -0.2) is 18.1 Å². The molecule has 1 saturated carbocycles. The first-order chi connectivity index (χ1) is 10.4. The van der Waals surface area contributed by atoms with Gasteiger partial charge in [-0.2, -0.15) is 0 Å². The molecular formula is C16H20N2O2S2. The van der Waals surface area contributed by atoms with Crippen LogP contribution in [0.15, 0.2) is 22.4 Å². The maximum atomic E-state index is 12.5. The van der Waals surface area contributed by atoms with E-state index in [1.807, 2.05) is 32.2 Å². The Hall–Kier alpha value is -1.24. The summed E-state index contributed by atoms with van der Waals surface area (Å²) in [4.78, 5) is 4.87. The minimum atomic E-state index is -3.51. The van der Waals surface area contributed by atoms with Gasteiger partial charge in [-0.05, 0) is 56.4 Å². The first kappa shape index (κ1) is 15.6. The van der Waals surface area contributed by atoms with E-state index in [9.17, 15) is 8.42 Å². The van der Waals surface area contributed by atoms with Crippen LogP contribution in [0.25, 0.3) is 0 Å². The van der Waals surface area contributed by atoms with Crippen molar-refractivity contribution in [1.82, 2.24) is 9.71 Å². The molecule has 3 rings (SSSR count). The van der Waals surface area contributed by atoms with Gasteiger partial charge in [-0.1, -0.05) is 6.07 Å². The van der Waals surface area contributed by atoms with E-state index >= 15 is 0 Å². The van der Waals surface area contributed by atoms with Crippen LogP contribution in [0.1, 0.15) is 46.2 Å². The van der Waals surface area contributed by atoms with Crippen LogP contribution in [0.2, 0.25) is 0 Å². The largest absolute Gasteiger partial charge is 0.245 e. The number of benzene rings is 1. The maximum absolute atomic E-state index is 12.5. The van der Waals surface area contributed by atoms with E-state index in [-0.39, 0.29) is 6.54 Å². The van der Waals surface area contributed by atoms with Crippen LogP contribution in [-0.2, 0) is 16.6 Å². The highest BCUT2D eigenvalue weighted by molar-refractivity contribution is 7.89. The predicted octanol–water partition coefficient (Wildman–Crippen LogP) is 3.42. The molecule has 0 bridgehead atoms. The van der Waals surface area contributed by atoms with E-state index in [0.717, 1.165) is 27.4 Å². The lowest BCUT2D eigenvalue weighted by molar-refractivity contribution is 0.579. The van der Waals surface area contributed by atoms with Crippen molar-refractivity contribution in [3.8, 4) is 0 Å². The Morgan fingerprint density at radius 3 is 2.55 bits per heavy atom. The Morgan fingerprint density at radius 2 is 1.86 bits per heavy atom. The summed E-state index contributed by atoms with van der Waals surface area (Å²) in [7, 11) is -3.51. The van der Waals surface area contributed by atoms with E-state index in [1.54, 1.807) is 17.4 Å². The fourth-order valence-electron chi connectivity index (χ4n) is 2.39. The van der Waals surface area contributed by atoms with Gasteiger partial charge in [0.1, 0.15) is 0 Å². The number of sulfonamides is 1. The van der Waals surface area contributed by atoms with Gasteiger partial charge < -0.3 is 0 Å². The van der Waals surface area contributed by atoms with Gasteiger partial charge in [0.15, 0.2) is 0 Å². The van der Waals surface area contributed by atoms with Crippen molar-refractivity contribution in [1.29, 1.82) is 0 Å². The molecule has 0 amide bonds. The van der Waals surface area contributed by atoms with E-state index in [4.69, 9.17) is 0 Å².